The van der Waals surface area contributed by atoms with Gasteiger partial charge in [-0.15, -0.1) is 16.4 Å². The Labute approximate surface area is 158 Å². The zero-order chi connectivity index (χ0) is 19.6. The molecule has 2 aromatic heterocycles. The highest BCUT2D eigenvalue weighted by atomic mass is 32.1. The standard InChI is InChI=1S/C18H17FN4O3S/c1-18(2,17(25)26-3)21-16(24)14-20-15(13-8-5-9-27-13)23(22-14)12-7-4-6-11(19)10-12/h4-10H,1-3H3,(H,21,24). The van der Waals surface area contributed by atoms with Gasteiger partial charge in [-0.1, -0.05) is 12.1 Å². The first-order chi connectivity index (χ1) is 12.8. The molecular weight excluding hydrogens is 371 g/mol. The smallest absolute Gasteiger partial charge is 0.330 e. The van der Waals surface area contributed by atoms with Gasteiger partial charge in [-0.25, -0.2) is 18.9 Å². The van der Waals surface area contributed by atoms with Crippen LogP contribution >= 0.6 is 11.3 Å². The van der Waals surface area contributed by atoms with Gasteiger partial charge >= 0.3 is 5.97 Å². The molecule has 0 spiro atoms. The van der Waals surface area contributed by atoms with Gasteiger partial charge in [-0.3, -0.25) is 4.79 Å². The van der Waals surface area contributed by atoms with Crippen LogP contribution in [-0.4, -0.2) is 39.3 Å². The van der Waals surface area contributed by atoms with Crippen LogP contribution in [0.15, 0.2) is 41.8 Å². The zero-order valence-corrected chi connectivity index (χ0v) is 15.7. The molecule has 3 aromatic rings. The van der Waals surface area contributed by atoms with Crippen molar-refractivity contribution in [3.63, 3.8) is 0 Å². The minimum Gasteiger partial charge on any atom is -0.467 e. The lowest BCUT2D eigenvalue weighted by atomic mass is 10.1. The Morgan fingerprint density at radius 3 is 2.67 bits per heavy atom. The summed E-state index contributed by atoms with van der Waals surface area (Å²) in [6, 6.07) is 9.48. The van der Waals surface area contributed by atoms with Gasteiger partial charge in [0.25, 0.3) is 5.91 Å². The van der Waals surface area contributed by atoms with E-state index in [4.69, 9.17) is 0 Å². The summed E-state index contributed by atoms with van der Waals surface area (Å²) in [4.78, 5) is 29.4. The van der Waals surface area contributed by atoms with E-state index in [-0.39, 0.29) is 5.82 Å². The molecule has 0 aliphatic carbocycles. The van der Waals surface area contributed by atoms with E-state index in [1.165, 1.54) is 49.1 Å². The van der Waals surface area contributed by atoms with Crippen LogP contribution in [-0.2, 0) is 9.53 Å². The third kappa shape index (κ3) is 3.87. The van der Waals surface area contributed by atoms with Crippen molar-refractivity contribution in [2.75, 3.05) is 7.11 Å². The number of benzene rings is 1. The van der Waals surface area contributed by atoms with E-state index in [2.05, 4.69) is 20.1 Å². The number of hydrogen-bond donors (Lipinski definition) is 1. The van der Waals surface area contributed by atoms with Crippen molar-refractivity contribution >= 4 is 23.2 Å². The van der Waals surface area contributed by atoms with Gasteiger partial charge in [0.2, 0.25) is 5.82 Å². The molecule has 0 radical (unpaired) electrons. The second kappa shape index (κ2) is 7.28. The fraction of sp³-hybridized carbons (Fsp3) is 0.222. The molecule has 140 valence electrons. The van der Waals surface area contributed by atoms with E-state index < -0.39 is 23.2 Å². The number of aromatic nitrogens is 3. The summed E-state index contributed by atoms with van der Waals surface area (Å²) in [6.45, 7) is 3.03. The molecule has 0 aliphatic rings. The highest BCUT2D eigenvalue weighted by molar-refractivity contribution is 7.13. The number of thiophene rings is 1. The molecule has 1 aromatic carbocycles. The topological polar surface area (TPSA) is 86.1 Å². The zero-order valence-electron chi connectivity index (χ0n) is 14.9. The van der Waals surface area contributed by atoms with Crippen LogP contribution in [0.5, 0.6) is 0 Å². The Morgan fingerprint density at radius 2 is 2.04 bits per heavy atom. The Morgan fingerprint density at radius 1 is 1.26 bits per heavy atom. The molecule has 2 heterocycles. The largest absolute Gasteiger partial charge is 0.467 e. The summed E-state index contributed by atoms with van der Waals surface area (Å²) in [7, 11) is 1.24. The molecule has 7 nitrogen and oxygen atoms in total. The highest BCUT2D eigenvalue weighted by Gasteiger charge is 2.32. The van der Waals surface area contributed by atoms with Crippen molar-refractivity contribution < 1.29 is 18.7 Å². The number of carbonyl (C=O) groups is 2. The van der Waals surface area contributed by atoms with E-state index in [0.29, 0.717) is 11.5 Å². The molecule has 0 atom stereocenters. The van der Waals surface area contributed by atoms with Crippen LogP contribution in [0.25, 0.3) is 16.4 Å². The third-order valence-electron chi connectivity index (χ3n) is 3.73. The molecule has 9 heteroatoms. The number of methoxy groups -OCH3 is 1. The van der Waals surface area contributed by atoms with Crippen molar-refractivity contribution in [2.45, 2.75) is 19.4 Å². The van der Waals surface area contributed by atoms with Gasteiger partial charge in [-0.05, 0) is 43.5 Å². The SMILES string of the molecule is COC(=O)C(C)(C)NC(=O)c1nc(-c2cccs2)n(-c2cccc(F)c2)n1. The maximum absolute atomic E-state index is 13.7. The molecule has 0 unspecified atom stereocenters. The number of nitrogens with zero attached hydrogens (tertiary/aromatic N) is 3. The van der Waals surface area contributed by atoms with Crippen LogP contribution in [0.4, 0.5) is 4.39 Å². The number of nitrogens with one attached hydrogen (secondary N) is 1. The number of hydrogen-bond acceptors (Lipinski definition) is 6. The summed E-state index contributed by atoms with van der Waals surface area (Å²) in [6.07, 6.45) is 0. The third-order valence-corrected chi connectivity index (χ3v) is 4.59. The molecule has 0 bridgehead atoms. The number of carbonyl (C=O) groups excluding carboxylic acids is 2. The quantitative estimate of drug-likeness (QED) is 0.679. The fourth-order valence-electron chi connectivity index (χ4n) is 2.41. The van der Waals surface area contributed by atoms with Crippen LogP contribution < -0.4 is 5.32 Å². The van der Waals surface area contributed by atoms with E-state index in [0.717, 1.165) is 4.88 Å². The molecular formula is C18H17FN4O3S. The highest BCUT2D eigenvalue weighted by Crippen LogP contribution is 2.26. The Hall–Kier alpha value is -3.07. The summed E-state index contributed by atoms with van der Waals surface area (Å²) >= 11 is 1.41. The number of amides is 1. The lowest BCUT2D eigenvalue weighted by Gasteiger charge is -2.22. The minimum atomic E-state index is -1.25. The van der Waals surface area contributed by atoms with Crippen LogP contribution in [0.1, 0.15) is 24.5 Å². The predicted molar refractivity (Wildman–Crippen MR) is 98.2 cm³/mol. The maximum Gasteiger partial charge on any atom is 0.330 e. The lowest BCUT2D eigenvalue weighted by molar-refractivity contribution is -0.146. The van der Waals surface area contributed by atoms with E-state index in [1.54, 1.807) is 12.1 Å². The monoisotopic (exact) mass is 388 g/mol. The first-order valence-corrected chi connectivity index (χ1v) is 8.87. The van der Waals surface area contributed by atoms with Crippen LogP contribution in [0.3, 0.4) is 0 Å². The van der Waals surface area contributed by atoms with E-state index in [1.807, 2.05) is 17.5 Å². The van der Waals surface area contributed by atoms with Gasteiger partial charge < -0.3 is 10.1 Å². The summed E-state index contributed by atoms with van der Waals surface area (Å²) < 4.78 is 19.7. The second-order valence-electron chi connectivity index (χ2n) is 6.20. The number of esters is 1. The average Bonchev–Trinajstić information content (AvgIpc) is 3.29. The average molecular weight is 388 g/mol. The Balaban J connectivity index is 2.02. The van der Waals surface area contributed by atoms with Gasteiger partial charge in [0.15, 0.2) is 5.82 Å². The van der Waals surface area contributed by atoms with Crippen molar-refractivity contribution in [1.29, 1.82) is 0 Å². The van der Waals surface area contributed by atoms with Gasteiger partial charge in [0.1, 0.15) is 11.4 Å². The summed E-state index contributed by atoms with van der Waals surface area (Å²) in [5.74, 6) is -1.41. The Bertz CT molecular complexity index is 982. The summed E-state index contributed by atoms with van der Waals surface area (Å²) in [5, 5.41) is 8.64. The van der Waals surface area contributed by atoms with Gasteiger partial charge in [0, 0.05) is 0 Å². The molecule has 1 amide bonds. The van der Waals surface area contributed by atoms with Crippen LogP contribution in [0.2, 0.25) is 0 Å². The van der Waals surface area contributed by atoms with Crippen molar-refractivity contribution in [3.8, 4) is 16.4 Å². The molecule has 1 N–H and O–H groups in total. The summed E-state index contributed by atoms with van der Waals surface area (Å²) in [5.41, 5.74) is -0.823. The van der Waals surface area contributed by atoms with Gasteiger partial charge in [-0.2, -0.15) is 0 Å². The van der Waals surface area contributed by atoms with Gasteiger partial charge in [0.05, 0.1) is 17.7 Å². The van der Waals surface area contributed by atoms with E-state index in [9.17, 15) is 14.0 Å². The predicted octanol–water partition coefficient (Wildman–Crippen LogP) is 2.82. The number of ether oxygens (including phenoxy) is 1. The van der Waals surface area contributed by atoms with Crippen LogP contribution in [0, 0.1) is 5.82 Å². The lowest BCUT2D eigenvalue weighted by Crippen LogP contribution is -2.50. The number of halogens is 1. The first kappa shape index (κ1) is 18.7. The number of rotatable bonds is 5. The van der Waals surface area contributed by atoms with Crippen molar-refractivity contribution in [3.05, 3.63) is 53.4 Å². The van der Waals surface area contributed by atoms with Crippen molar-refractivity contribution in [1.82, 2.24) is 20.1 Å². The maximum atomic E-state index is 13.7. The molecule has 0 saturated heterocycles. The molecule has 0 saturated carbocycles. The molecule has 0 fully saturated rings. The minimum absolute atomic E-state index is 0.139. The van der Waals surface area contributed by atoms with E-state index >= 15 is 0 Å². The molecule has 3 rings (SSSR count). The molecule has 0 aliphatic heterocycles. The second-order valence-corrected chi connectivity index (χ2v) is 7.15. The fourth-order valence-corrected chi connectivity index (χ4v) is 3.11. The molecule has 27 heavy (non-hydrogen) atoms. The first-order valence-electron chi connectivity index (χ1n) is 7.99. The van der Waals surface area contributed by atoms with Crippen molar-refractivity contribution in [2.24, 2.45) is 0 Å². The Kier molecular flexibility index (Phi) is 5.04. The normalized spacial score (nSPS) is 11.3.